The van der Waals surface area contributed by atoms with Gasteiger partial charge in [-0.1, -0.05) is 32.6 Å². The van der Waals surface area contributed by atoms with Crippen molar-refractivity contribution in [3.8, 4) is 17.7 Å². The molecule has 3 atom stereocenters. The molecule has 0 aromatic carbocycles. The van der Waals surface area contributed by atoms with Crippen LogP contribution in [0.2, 0.25) is 0 Å². The molecule has 0 aliphatic carbocycles. The number of carbonyl (C=O) groups is 2. The second kappa shape index (κ2) is 11.1. The van der Waals surface area contributed by atoms with Gasteiger partial charge in [0.05, 0.1) is 24.8 Å². The standard InChI is InChI=1S/C26H32N4O4/c1-17(2)8-9-20-11-22-24(28-12-20)34-23(18(3)14-30(26(22)33)19(4)16-31)15-29(5)25(32)21-7-6-10-27-13-21/h6-7,10-13,17-19,23,31H,14-16H2,1-5H3/t18-,19+,23-/m0/s1. The summed E-state index contributed by atoms with van der Waals surface area (Å²) in [5.41, 5.74) is 1.41. The van der Waals surface area contributed by atoms with Crippen molar-refractivity contribution >= 4 is 11.8 Å². The maximum absolute atomic E-state index is 13.4. The molecule has 2 aromatic rings. The SMILES string of the molecule is CC(C)C#Cc1cnc2c(c1)C(=O)N([C@H](C)CO)C[C@H](C)[C@H](CN(C)C(=O)c1cccnc1)O2. The van der Waals surface area contributed by atoms with Gasteiger partial charge < -0.3 is 19.6 Å². The molecule has 1 aliphatic rings. The van der Waals surface area contributed by atoms with Crippen molar-refractivity contribution in [2.24, 2.45) is 11.8 Å². The monoisotopic (exact) mass is 464 g/mol. The Kier molecular flexibility index (Phi) is 8.24. The van der Waals surface area contributed by atoms with Gasteiger partial charge in [-0.2, -0.15) is 0 Å². The van der Waals surface area contributed by atoms with Crippen molar-refractivity contribution in [1.29, 1.82) is 0 Å². The lowest BCUT2D eigenvalue weighted by Gasteiger charge is -2.37. The average Bonchev–Trinajstić information content (AvgIpc) is 2.84. The molecule has 0 radical (unpaired) electrons. The fourth-order valence-electron chi connectivity index (χ4n) is 3.68. The molecule has 2 amide bonds. The van der Waals surface area contributed by atoms with Gasteiger partial charge in [-0.3, -0.25) is 14.6 Å². The van der Waals surface area contributed by atoms with Gasteiger partial charge in [0.1, 0.15) is 11.7 Å². The normalized spacial score (nSPS) is 18.7. The van der Waals surface area contributed by atoms with E-state index in [1.165, 1.54) is 6.20 Å². The molecule has 8 nitrogen and oxygen atoms in total. The Morgan fingerprint density at radius 1 is 1.35 bits per heavy atom. The molecule has 0 unspecified atom stereocenters. The second-order valence-electron chi connectivity index (χ2n) is 9.05. The van der Waals surface area contributed by atoms with Crippen LogP contribution in [0.4, 0.5) is 0 Å². The first-order valence-electron chi connectivity index (χ1n) is 11.5. The molecule has 8 heteroatoms. The molecule has 0 fully saturated rings. The van der Waals surface area contributed by atoms with E-state index >= 15 is 0 Å². The Morgan fingerprint density at radius 3 is 2.76 bits per heavy atom. The number of nitrogens with zero attached hydrogens (tertiary/aromatic N) is 4. The van der Waals surface area contributed by atoms with Crippen LogP contribution >= 0.6 is 0 Å². The Labute approximate surface area is 201 Å². The summed E-state index contributed by atoms with van der Waals surface area (Å²) in [4.78, 5) is 38.0. The van der Waals surface area contributed by atoms with Crippen LogP contribution in [0.25, 0.3) is 0 Å². The zero-order valence-corrected chi connectivity index (χ0v) is 20.4. The minimum Gasteiger partial charge on any atom is -0.472 e. The fraction of sp³-hybridized carbons (Fsp3) is 0.462. The average molecular weight is 465 g/mol. The van der Waals surface area contributed by atoms with E-state index in [1.54, 1.807) is 54.4 Å². The molecule has 34 heavy (non-hydrogen) atoms. The minimum absolute atomic E-state index is 0.127. The van der Waals surface area contributed by atoms with E-state index in [0.717, 1.165) is 0 Å². The molecule has 0 saturated carbocycles. The van der Waals surface area contributed by atoms with E-state index < -0.39 is 6.10 Å². The van der Waals surface area contributed by atoms with Crippen LogP contribution in [0, 0.1) is 23.7 Å². The quantitative estimate of drug-likeness (QED) is 0.683. The van der Waals surface area contributed by atoms with Gasteiger partial charge >= 0.3 is 0 Å². The van der Waals surface area contributed by atoms with Crippen LogP contribution in [0.1, 0.15) is 54.0 Å². The maximum Gasteiger partial charge on any atom is 0.259 e. The first kappa shape index (κ1) is 25.2. The lowest BCUT2D eigenvalue weighted by molar-refractivity contribution is 0.0313. The number of aromatic nitrogens is 2. The molecule has 0 saturated heterocycles. The van der Waals surface area contributed by atoms with Crippen LogP contribution in [-0.4, -0.2) is 75.6 Å². The molecular formula is C26H32N4O4. The number of amides is 2. The van der Waals surface area contributed by atoms with Gasteiger partial charge in [0.2, 0.25) is 5.88 Å². The van der Waals surface area contributed by atoms with Gasteiger partial charge in [-0.15, -0.1) is 0 Å². The van der Waals surface area contributed by atoms with Gasteiger partial charge in [0, 0.05) is 49.6 Å². The topological polar surface area (TPSA) is 95.9 Å². The van der Waals surface area contributed by atoms with Crippen molar-refractivity contribution in [2.45, 2.75) is 39.8 Å². The van der Waals surface area contributed by atoms with E-state index in [1.807, 2.05) is 20.8 Å². The highest BCUT2D eigenvalue weighted by molar-refractivity contribution is 5.97. The summed E-state index contributed by atoms with van der Waals surface area (Å²) in [6.45, 7) is 8.23. The lowest BCUT2D eigenvalue weighted by Crippen LogP contribution is -2.50. The van der Waals surface area contributed by atoms with Crippen molar-refractivity contribution in [3.63, 3.8) is 0 Å². The highest BCUT2D eigenvalue weighted by atomic mass is 16.5. The number of likely N-dealkylation sites (N-methyl/N-ethyl adjacent to an activating group) is 1. The second-order valence-corrected chi connectivity index (χ2v) is 9.05. The first-order chi connectivity index (χ1) is 16.2. The molecule has 3 heterocycles. The summed E-state index contributed by atoms with van der Waals surface area (Å²) >= 11 is 0. The number of fused-ring (bicyclic) bond motifs is 1. The van der Waals surface area contributed by atoms with Crippen molar-refractivity contribution in [2.75, 3.05) is 26.7 Å². The van der Waals surface area contributed by atoms with E-state index in [4.69, 9.17) is 4.74 Å². The summed E-state index contributed by atoms with van der Waals surface area (Å²) in [5, 5.41) is 9.79. The number of ether oxygens (including phenoxy) is 1. The summed E-state index contributed by atoms with van der Waals surface area (Å²) in [6, 6.07) is 4.74. The van der Waals surface area contributed by atoms with Gasteiger partial charge in [0.15, 0.2) is 0 Å². The molecule has 0 spiro atoms. The molecule has 1 aliphatic heterocycles. The lowest BCUT2D eigenvalue weighted by atomic mass is 9.99. The van der Waals surface area contributed by atoms with Gasteiger partial charge in [-0.25, -0.2) is 4.98 Å². The summed E-state index contributed by atoms with van der Waals surface area (Å²) in [6.07, 6.45) is 4.31. The van der Waals surface area contributed by atoms with Crippen LogP contribution in [0.5, 0.6) is 5.88 Å². The van der Waals surface area contributed by atoms with E-state index in [-0.39, 0.29) is 42.2 Å². The molecule has 0 bridgehead atoms. The molecule has 180 valence electrons. The van der Waals surface area contributed by atoms with Crippen LogP contribution in [0.3, 0.4) is 0 Å². The fourth-order valence-corrected chi connectivity index (χ4v) is 3.68. The van der Waals surface area contributed by atoms with Crippen molar-refractivity contribution in [3.05, 3.63) is 53.5 Å². The van der Waals surface area contributed by atoms with E-state index in [2.05, 4.69) is 21.8 Å². The number of carbonyl (C=O) groups excluding carboxylic acids is 2. The van der Waals surface area contributed by atoms with Crippen LogP contribution in [0.15, 0.2) is 36.8 Å². The third-order valence-corrected chi connectivity index (χ3v) is 5.74. The number of aliphatic hydroxyl groups is 1. The Hall–Kier alpha value is -3.44. The smallest absolute Gasteiger partial charge is 0.259 e. The molecular weight excluding hydrogens is 432 g/mol. The number of pyridine rings is 2. The number of hydrogen-bond acceptors (Lipinski definition) is 6. The summed E-state index contributed by atoms with van der Waals surface area (Å²) in [5.74, 6) is 5.95. The highest BCUT2D eigenvalue weighted by Crippen LogP contribution is 2.27. The first-order valence-corrected chi connectivity index (χ1v) is 11.5. The number of hydrogen-bond donors (Lipinski definition) is 1. The number of aliphatic hydroxyl groups excluding tert-OH is 1. The van der Waals surface area contributed by atoms with Crippen molar-refractivity contribution < 1.29 is 19.4 Å². The van der Waals surface area contributed by atoms with Gasteiger partial charge in [-0.05, 0) is 25.1 Å². The Bertz CT molecular complexity index is 1080. The highest BCUT2D eigenvalue weighted by Gasteiger charge is 2.34. The minimum atomic E-state index is -0.425. The third-order valence-electron chi connectivity index (χ3n) is 5.74. The maximum atomic E-state index is 13.4. The summed E-state index contributed by atoms with van der Waals surface area (Å²) < 4.78 is 6.24. The zero-order chi connectivity index (χ0) is 24.8. The van der Waals surface area contributed by atoms with Crippen LogP contribution < -0.4 is 4.74 Å². The Balaban J connectivity index is 1.95. The van der Waals surface area contributed by atoms with E-state index in [0.29, 0.717) is 29.8 Å². The zero-order valence-electron chi connectivity index (χ0n) is 20.4. The predicted molar refractivity (Wildman–Crippen MR) is 128 cm³/mol. The molecule has 3 rings (SSSR count). The van der Waals surface area contributed by atoms with Crippen molar-refractivity contribution in [1.82, 2.24) is 19.8 Å². The molecule has 2 aromatic heterocycles. The van der Waals surface area contributed by atoms with E-state index in [9.17, 15) is 14.7 Å². The summed E-state index contributed by atoms with van der Waals surface area (Å²) in [7, 11) is 1.71. The number of rotatable bonds is 5. The van der Waals surface area contributed by atoms with Crippen LogP contribution in [-0.2, 0) is 0 Å². The Morgan fingerprint density at radius 2 is 2.12 bits per heavy atom. The third kappa shape index (κ3) is 5.91. The largest absolute Gasteiger partial charge is 0.472 e. The predicted octanol–water partition coefficient (Wildman–Crippen LogP) is 2.48. The van der Waals surface area contributed by atoms with Gasteiger partial charge in [0.25, 0.3) is 11.8 Å². The molecule has 1 N–H and O–H groups in total.